The van der Waals surface area contributed by atoms with Gasteiger partial charge in [-0.15, -0.1) is 0 Å². The van der Waals surface area contributed by atoms with Crippen molar-refractivity contribution < 1.29 is 37.3 Å². The lowest BCUT2D eigenvalue weighted by Gasteiger charge is -2.34. The second-order valence-electron chi connectivity index (χ2n) is 10.8. The van der Waals surface area contributed by atoms with Crippen LogP contribution in [0.4, 0.5) is 0 Å². The summed E-state index contributed by atoms with van der Waals surface area (Å²) in [6.45, 7) is 4.46. The Morgan fingerprint density at radius 3 is 2.13 bits per heavy atom. The number of ether oxygens (including phenoxy) is 3. The van der Waals surface area contributed by atoms with Gasteiger partial charge < -0.3 is 24.6 Å². The Hall–Kier alpha value is -3.35. The van der Waals surface area contributed by atoms with E-state index in [0.29, 0.717) is 36.7 Å². The number of carboxylic acids is 1. The fourth-order valence-electron chi connectivity index (χ4n) is 5.47. The molecule has 242 valence electrons. The molecule has 0 spiro atoms. The normalized spacial score (nSPS) is 17.6. The number of nitrogens with one attached hydrogen (secondary N) is 1. The minimum absolute atomic E-state index is 0.0321. The Bertz CT molecular complexity index is 1620. The van der Waals surface area contributed by atoms with Crippen LogP contribution in [0.1, 0.15) is 37.8 Å². The van der Waals surface area contributed by atoms with E-state index in [4.69, 9.17) is 37.4 Å². The van der Waals surface area contributed by atoms with Gasteiger partial charge in [-0.05, 0) is 73.7 Å². The third-order valence-corrected chi connectivity index (χ3v) is 10.2. The van der Waals surface area contributed by atoms with Crippen molar-refractivity contribution in [3.8, 4) is 22.6 Å². The molecule has 0 bridgehead atoms. The number of carboxylic acid groups (broad SMARTS) is 1. The number of methoxy groups -OCH3 is 2. The molecule has 0 radical (unpaired) electrons. The zero-order chi connectivity index (χ0) is 32.9. The van der Waals surface area contributed by atoms with E-state index in [-0.39, 0.29) is 34.3 Å². The third-order valence-electron chi connectivity index (χ3n) is 7.81. The molecule has 1 saturated heterocycles. The molecule has 1 heterocycles. The van der Waals surface area contributed by atoms with E-state index in [1.54, 1.807) is 26.4 Å². The predicted octanol–water partition coefficient (Wildman–Crippen LogP) is 5.57. The van der Waals surface area contributed by atoms with E-state index in [1.165, 1.54) is 25.1 Å². The van der Waals surface area contributed by atoms with Crippen LogP contribution in [0.2, 0.25) is 10.0 Å². The minimum atomic E-state index is -4.17. The summed E-state index contributed by atoms with van der Waals surface area (Å²) < 4.78 is 45.0. The first-order valence-corrected chi connectivity index (χ1v) is 16.5. The summed E-state index contributed by atoms with van der Waals surface area (Å²) in [5.74, 6) is -0.769. The number of aliphatic carboxylic acids is 1. The number of nitrogens with zero attached hydrogens (tertiary/aromatic N) is 1. The molecule has 13 heteroatoms. The molecule has 1 aliphatic heterocycles. The van der Waals surface area contributed by atoms with Crippen LogP contribution in [0.5, 0.6) is 11.5 Å². The fraction of sp³-hybridized carbons (Fsp3) is 0.375. The van der Waals surface area contributed by atoms with Crippen molar-refractivity contribution in [3.05, 3.63) is 75.8 Å². The molecular weight excluding hydrogens is 643 g/mol. The van der Waals surface area contributed by atoms with Crippen LogP contribution in [-0.2, 0) is 37.4 Å². The Morgan fingerprint density at radius 1 is 1.00 bits per heavy atom. The molecule has 10 nitrogen and oxygen atoms in total. The summed E-state index contributed by atoms with van der Waals surface area (Å²) in [6.07, 6.45) is 0.590. The maximum absolute atomic E-state index is 13.6. The number of carbonyl (C=O) groups is 2. The summed E-state index contributed by atoms with van der Waals surface area (Å²) in [5, 5.41) is 12.9. The number of hydrogen-bond acceptors (Lipinski definition) is 7. The standard InChI is InChI=1S/C32H36Cl2N2O8S/c1-5-44-19-21-14-27(42-3)29(28(15-21)43-4)22-9-7-20(8-10-22)13-26(30(37)38)35-31(39)32(2)11-6-12-36(32)45(40,41)25-17-23(33)16-24(34)18-25/h7-10,14-18,26H,5-6,11-13,19H2,1-4H3,(H,35,39)(H,37,38)/t26-,32-/m0/s1. The van der Waals surface area contributed by atoms with Gasteiger partial charge in [-0.1, -0.05) is 47.5 Å². The highest BCUT2D eigenvalue weighted by atomic mass is 35.5. The Labute approximate surface area is 273 Å². The molecule has 0 unspecified atom stereocenters. The van der Waals surface area contributed by atoms with Crippen LogP contribution in [0, 0.1) is 0 Å². The number of hydrogen-bond donors (Lipinski definition) is 2. The molecule has 0 aliphatic carbocycles. The molecule has 1 aliphatic rings. The van der Waals surface area contributed by atoms with Gasteiger partial charge in [0.15, 0.2) is 0 Å². The molecule has 2 atom stereocenters. The second-order valence-corrected chi connectivity index (χ2v) is 13.6. The van der Waals surface area contributed by atoms with Crippen molar-refractivity contribution >= 4 is 45.1 Å². The van der Waals surface area contributed by atoms with E-state index < -0.39 is 33.5 Å². The first-order valence-electron chi connectivity index (χ1n) is 14.3. The molecule has 1 amide bonds. The number of carbonyl (C=O) groups excluding carboxylic acids is 1. The summed E-state index contributed by atoms with van der Waals surface area (Å²) in [7, 11) is -1.04. The van der Waals surface area contributed by atoms with Crippen molar-refractivity contribution in [1.29, 1.82) is 0 Å². The van der Waals surface area contributed by atoms with Gasteiger partial charge in [0.05, 0.1) is 31.3 Å². The zero-order valence-electron chi connectivity index (χ0n) is 25.4. The lowest BCUT2D eigenvalue weighted by molar-refractivity contribution is -0.143. The molecule has 4 rings (SSSR count). The van der Waals surface area contributed by atoms with E-state index >= 15 is 0 Å². The Kier molecular flexibility index (Phi) is 11.0. The number of rotatable bonds is 13. The highest BCUT2D eigenvalue weighted by Gasteiger charge is 2.50. The van der Waals surface area contributed by atoms with Gasteiger partial charge in [-0.3, -0.25) is 4.79 Å². The van der Waals surface area contributed by atoms with Crippen LogP contribution in [-0.4, -0.2) is 68.7 Å². The quantitative estimate of drug-likeness (QED) is 0.240. The highest BCUT2D eigenvalue weighted by Crippen LogP contribution is 2.40. The van der Waals surface area contributed by atoms with Crippen molar-refractivity contribution in [2.45, 2.75) is 56.2 Å². The Balaban J connectivity index is 1.55. The number of benzene rings is 3. The number of amides is 1. The zero-order valence-corrected chi connectivity index (χ0v) is 27.8. The molecule has 45 heavy (non-hydrogen) atoms. The van der Waals surface area contributed by atoms with E-state index in [1.807, 2.05) is 31.2 Å². The molecule has 3 aromatic rings. The monoisotopic (exact) mass is 678 g/mol. The third kappa shape index (κ3) is 7.56. The molecular formula is C32H36Cl2N2O8S. The summed E-state index contributed by atoms with van der Waals surface area (Å²) in [4.78, 5) is 25.7. The minimum Gasteiger partial charge on any atom is -0.496 e. The largest absolute Gasteiger partial charge is 0.496 e. The summed E-state index contributed by atoms with van der Waals surface area (Å²) in [6, 6.07) is 13.6. The van der Waals surface area contributed by atoms with Gasteiger partial charge in [-0.25, -0.2) is 13.2 Å². The summed E-state index contributed by atoms with van der Waals surface area (Å²) >= 11 is 12.1. The lowest BCUT2D eigenvalue weighted by Crippen LogP contribution is -2.58. The maximum atomic E-state index is 13.6. The van der Waals surface area contributed by atoms with Gasteiger partial charge in [0, 0.05) is 29.6 Å². The maximum Gasteiger partial charge on any atom is 0.326 e. The smallest absolute Gasteiger partial charge is 0.326 e. The highest BCUT2D eigenvalue weighted by molar-refractivity contribution is 7.89. The topological polar surface area (TPSA) is 131 Å². The Morgan fingerprint density at radius 2 is 1.60 bits per heavy atom. The lowest BCUT2D eigenvalue weighted by atomic mass is 9.96. The fourth-order valence-corrected chi connectivity index (χ4v) is 8.00. The molecule has 0 saturated carbocycles. The SMILES string of the molecule is CCOCc1cc(OC)c(-c2ccc(C[C@H](NC(=O)[C@]3(C)CCCN3S(=O)(=O)c3cc(Cl)cc(Cl)c3)C(=O)O)cc2)c(OC)c1. The van der Waals surface area contributed by atoms with E-state index in [0.717, 1.165) is 21.0 Å². The molecule has 3 aromatic carbocycles. The first kappa shape index (κ1) is 34.5. The average molecular weight is 680 g/mol. The van der Waals surface area contributed by atoms with Crippen LogP contribution in [0.25, 0.3) is 11.1 Å². The van der Waals surface area contributed by atoms with Crippen LogP contribution < -0.4 is 14.8 Å². The van der Waals surface area contributed by atoms with Gasteiger partial charge in [0.2, 0.25) is 15.9 Å². The first-order chi connectivity index (χ1) is 21.3. The van der Waals surface area contributed by atoms with E-state index in [9.17, 15) is 23.1 Å². The summed E-state index contributed by atoms with van der Waals surface area (Å²) in [5.41, 5.74) is 1.53. The van der Waals surface area contributed by atoms with Gasteiger partial charge >= 0.3 is 5.97 Å². The molecule has 2 N–H and O–H groups in total. The van der Waals surface area contributed by atoms with Crippen molar-refractivity contribution in [1.82, 2.24) is 9.62 Å². The van der Waals surface area contributed by atoms with Crippen molar-refractivity contribution in [2.75, 3.05) is 27.4 Å². The van der Waals surface area contributed by atoms with E-state index in [2.05, 4.69) is 5.32 Å². The number of sulfonamides is 1. The molecule has 1 fully saturated rings. The van der Waals surface area contributed by atoms with Crippen molar-refractivity contribution in [2.24, 2.45) is 0 Å². The van der Waals surface area contributed by atoms with Gasteiger partial charge in [0.1, 0.15) is 23.1 Å². The van der Waals surface area contributed by atoms with Crippen molar-refractivity contribution in [3.63, 3.8) is 0 Å². The predicted molar refractivity (Wildman–Crippen MR) is 172 cm³/mol. The second kappa shape index (κ2) is 14.4. The number of halogens is 2. The average Bonchev–Trinajstić information content (AvgIpc) is 3.42. The molecule has 0 aromatic heterocycles. The van der Waals surface area contributed by atoms with Crippen LogP contribution in [0.3, 0.4) is 0 Å². The van der Waals surface area contributed by atoms with Gasteiger partial charge in [-0.2, -0.15) is 4.31 Å². The van der Waals surface area contributed by atoms with Crippen LogP contribution >= 0.6 is 23.2 Å². The van der Waals surface area contributed by atoms with Gasteiger partial charge in [0.25, 0.3) is 0 Å². The van der Waals surface area contributed by atoms with Crippen LogP contribution in [0.15, 0.2) is 59.5 Å².